The summed E-state index contributed by atoms with van der Waals surface area (Å²) in [7, 11) is 1.30. The number of carbonyl (C=O) groups excluding carboxylic acids is 3. The maximum Gasteiger partial charge on any atom is 0.337 e. The van der Waals surface area contributed by atoms with E-state index in [1.165, 1.54) is 54.5 Å². The van der Waals surface area contributed by atoms with Crippen LogP contribution >= 0.6 is 23.1 Å². The zero-order valence-corrected chi connectivity index (χ0v) is 18.0. The molecule has 2 aromatic carbocycles. The van der Waals surface area contributed by atoms with Crippen molar-refractivity contribution in [2.24, 2.45) is 0 Å². The van der Waals surface area contributed by atoms with Gasteiger partial charge >= 0.3 is 5.97 Å². The van der Waals surface area contributed by atoms with Crippen LogP contribution in [0.25, 0.3) is 0 Å². The highest BCUT2D eigenvalue weighted by molar-refractivity contribution is 8.01. The molecule has 3 aromatic rings. The second-order valence-corrected chi connectivity index (χ2v) is 8.32. The minimum absolute atomic E-state index is 0.0809. The molecule has 0 aliphatic carbocycles. The molecule has 2 amide bonds. The van der Waals surface area contributed by atoms with Crippen LogP contribution in [0.2, 0.25) is 0 Å². The van der Waals surface area contributed by atoms with Crippen LogP contribution in [0.3, 0.4) is 0 Å². The fraction of sp³-hybridized carbons (Fsp3) is 0.143. The van der Waals surface area contributed by atoms with E-state index in [-0.39, 0.29) is 29.8 Å². The van der Waals surface area contributed by atoms with Crippen LogP contribution in [0.5, 0.6) is 0 Å². The number of methoxy groups -OCH3 is 1. The zero-order chi connectivity index (χ0) is 22.2. The number of carbonyl (C=O) groups is 3. The molecule has 0 saturated heterocycles. The molecule has 0 aliphatic heterocycles. The van der Waals surface area contributed by atoms with Crippen LogP contribution in [0, 0.1) is 5.82 Å². The predicted octanol–water partition coefficient (Wildman–Crippen LogP) is 3.98. The number of anilines is 2. The van der Waals surface area contributed by atoms with Gasteiger partial charge in [0.2, 0.25) is 11.8 Å². The van der Waals surface area contributed by atoms with E-state index in [1.807, 2.05) is 0 Å². The highest BCUT2D eigenvalue weighted by atomic mass is 32.2. The van der Waals surface area contributed by atoms with Crippen LogP contribution in [-0.4, -0.2) is 35.6 Å². The predicted molar refractivity (Wildman–Crippen MR) is 118 cm³/mol. The molecule has 2 N–H and O–H groups in total. The lowest BCUT2D eigenvalue weighted by molar-refractivity contribution is -0.116. The number of nitrogens with one attached hydrogen (secondary N) is 2. The van der Waals surface area contributed by atoms with E-state index in [4.69, 9.17) is 0 Å². The average Bonchev–Trinajstić information content (AvgIpc) is 3.21. The van der Waals surface area contributed by atoms with Crippen molar-refractivity contribution in [1.82, 2.24) is 4.98 Å². The lowest BCUT2D eigenvalue weighted by Crippen LogP contribution is -2.15. The summed E-state index contributed by atoms with van der Waals surface area (Å²) in [6.45, 7) is 0. The Balaban J connectivity index is 1.45. The summed E-state index contributed by atoms with van der Waals surface area (Å²) in [5.74, 6) is -1.16. The SMILES string of the molecule is COC(=O)c1ccc(NC(=O)Cc2csc(SCC(=O)Nc3ccc(F)cc3)n2)cc1. The molecule has 0 fully saturated rings. The minimum atomic E-state index is -0.447. The van der Waals surface area contributed by atoms with Crippen LogP contribution in [0.4, 0.5) is 15.8 Å². The molecular weight excluding hydrogens is 441 g/mol. The summed E-state index contributed by atoms with van der Waals surface area (Å²) in [6.07, 6.45) is 0.0809. The Hall–Kier alpha value is -3.24. The molecule has 1 heterocycles. The first-order chi connectivity index (χ1) is 14.9. The van der Waals surface area contributed by atoms with E-state index in [0.29, 0.717) is 27.0 Å². The van der Waals surface area contributed by atoms with Crippen molar-refractivity contribution in [2.45, 2.75) is 10.8 Å². The smallest absolute Gasteiger partial charge is 0.337 e. The average molecular weight is 460 g/mol. The summed E-state index contributed by atoms with van der Waals surface area (Å²) in [6, 6.07) is 11.9. The number of thioether (sulfide) groups is 1. The lowest BCUT2D eigenvalue weighted by atomic mass is 10.2. The third-order valence-electron chi connectivity index (χ3n) is 3.92. The quantitative estimate of drug-likeness (QED) is 0.391. The molecule has 1 aromatic heterocycles. The van der Waals surface area contributed by atoms with E-state index < -0.39 is 5.97 Å². The maximum absolute atomic E-state index is 12.9. The first-order valence-corrected chi connectivity index (χ1v) is 10.9. The molecule has 160 valence electrons. The number of thiazole rings is 1. The second-order valence-electron chi connectivity index (χ2n) is 6.24. The Bertz CT molecular complexity index is 1070. The summed E-state index contributed by atoms with van der Waals surface area (Å²) in [5, 5.41) is 7.18. The maximum atomic E-state index is 12.9. The number of nitrogens with zero attached hydrogens (tertiary/aromatic N) is 1. The summed E-state index contributed by atoms with van der Waals surface area (Å²) >= 11 is 2.60. The molecule has 3 rings (SSSR count). The number of benzene rings is 2. The van der Waals surface area contributed by atoms with Crippen molar-refractivity contribution in [3.63, 3.8) is 0 Å². The van der Waals surface area contributed by atoms with Gasteiger partial charge in [-0.05, 0) is 48.5 Å². The van der Waals surface area contributed by atoms with Crippen molar-refractivity contribution in [3.8, 4) is 0 Å². The van der Waals surface area contributed by atoms with Crippen LogP contribution in [0.1, 0.15) is 16.1 Å². The van der Waals surface area contributed by atoms with E-state index >= 15 is 0 Å². The highest BCUT2D eigenvalue weighted by Gasteiger charge is 2.11. The fourth-order valence-corrected chi connectivity index (χ4v) is 4.12. The van der Waals surface area contributed by atoms with Crippen molar-refractivity contribution in [2.75, 3.05) is 23.5 Å². The van der Waals surface area contributed by atoms with Gasteiger partial charge in [0.25, 0.3) is 0 Å². The van der Waals surface area contributed by atoms with Crippen LogP contribution < -0.4 is 10.6 Å². The molecule has 0 saturated carbocycles. The summed E-state index contributed by atoms with van der Waals surface area (Å²) in [4.78, 5) is 40.0. The minimum Gasteiger partial charge on any atom is -0.465 e. The largest absolute Gasteiger partial charge is 0.465 e. The van der Waals surface area contributed by atoms with Crippen molar-refractivity contribution >= 4 is 52.3 Å². The lowest BCUT2D eigenvalue weighted by Gasteiger charge is -2.05. The fourth-order valence-electron chi connectivity index (χ4n) is 2.47. The van der Waals surface area contributed by atoms with Gasteiger partial charge in [0, 0.05) is 16.8 Å². The Morgan fingerprint density at radius 1 is 1.00 bits per heavy atom. The molecule has 0 radical (unpaired) electrons. The molecule has 31 heavy (non-hydrogen) atoms. The first-order valence-electron chi connectivity index (χ1n) is 9.04. The number of hydrogen-bond acceptors (Lipinski definition) is 7. The Kier molecular flexibility index (Phi) is 7.74. The Labute approximate surface area is 186 Å². The van der Waals surface area contributed by atoms with Crippen molar-refractivity contribution in [1.29, 1.82) is 0 Å². The molecule has 0 aliphatic rings. The van der Waals surface area contributed by atoms with E-state index in [1.54, 1.807) is 29.6 Å². The van der Waals surface area contributed by atoms with Gasteiger partial charge in [-0.25, -0.2) is 14.2 Å². The monoisotopic (exact) mass is 459 g/mol. The van der Waals surface area contributed by atoms with Gasteiger partial charge in [0.05, 0.1) is 30.5 Å². The molecular formula is C21H18FN3O4S2. The standard InChI is InChI=1S/C21H18FN3O4S2/c1-29-20(28)13-2-6-15(7-3-13)23-18(26)10-17-11-30-21(25-17)31-12-19(27)24-16-8-4-14(22)5-9-16/h2-9,11H,10,12H2,1H3,(H,23,26)(H,24,27). The number of amides is 2. The highest BCUT2D eigenvalue weighted by Crippen LogP contribution is 2.23. The van der Waals surface area contributed by atoms with Gasteiger partial charge in [-0.3, -0.25) is 9.59 Å². The number of rotatable bonds is 8. The van der Waals surface area contributed by atoms with Crippen LogP contribution in [0.15, 0.2) is 58.3 Å². The number of halogens is 1. The Morgan fingerprint density at radius 3 is 2.26 bits per heavy atom. The van der Waals surface area contributed by atoms with Gasteiger partial charge in [0.1, 0.15) is 5.82 Å². The van der Waals surface area contributed by atoms with E-state index in [9.17, 15) is 18.8 Å². The zero-order valence-electron chi connectivity index (χ0n) is 16.4. The summed E-state index contributed by atoms with van der Waals surface area (Å²) < 4.78 is 18.2. The van der Waals surface area contributed by atoms with E-state index in [2.05, 4.69) is 20.4 Å². The third-order valence-corrected chi connectivity index (χ3v) is 5.99. The Morgan fingerprint density at radius 2 is 1.61 bits per heavy atom. The summed E-state index contributed by atoms with van der Waals surface area (Å²) in [5.41, 5.74) is 2.06. The van der Waals surface area contributed by atoms with Gasteiger partial charge in [-0.2, -0.15) is 0 Å². The van der Waals surface area contributed by atoms with Crippen LogP contribution in [-0.2, 0) is 20.7 Å². The van der Waals surface area contributed by atoms with Crippen molar-refractivity contribution < 1.29 is 23.5 Å². The topological polar surface area (TPSA) is 97.4 Å². The number of aromatic nitrogens is 1. The molecule has 0 spiro atoms. The van der Waals surface area contributed by atoms with Gasteiger partial charge < -0.3 is 15.4 Å². The number of ether oxygens (including phenoxy) is 1. The molecule has 10 heteroatoms. The van der Waals surface area contributed by atoms with Crippen molar-refractivity contribution in [3.05, 3.63) is 71.0 Å². The molecule has 7 nitrogen and oxygen atoms in total. The van der Waals surface area contributed by atoms with Gasteiger partial charge in [-0.1, -0.05) is 11.8 Å². The number of esters is 1. The van der Waals surface area contributed by atoms with Gasteiger partial charge in [-0.15, -0.1) is 11.3 Å². The third kappa shape index (κ3) is 6.90. The molecule has 0 unspecified atom stereocenters. The van der Waals surface area contributed by atoms with Gasteiger partial charge in [0.15, 0.2) is 4.34 Å². The second kappa shape index (κ2) is 10.7. The molecule has 0 atom stereocenters. The first kappa shape index (κ1) is 22.4. The number of hydrogen-bond donors (Lipinski definition) is 2. The van der Waals surface area contributed by atoms with E-state index in [0.717, 1.165) is 0 Å². The normalized spacial score (nSPS) is 10.4. The molecule has 0 bridgehead atoms.